The number of carbonyl (C=O) groups excluding carboxylic acids is 1. The van der Waals surface area contributed by atoms with Crippen LogP contribution in [0.3, 0.4) is 0 Å². The molecule has 0 aliphatic carbocycles. The smallest absolute Gasteiger partial charge is 0.303 e. The quantitative estimate of drug-likeness (QED) is 0.887. The summed E-state index contributed by atoms with van der Waals surface area (Å²) in [6, 6.07) is 7.71. The molecule has 1 aliphatic heterocycles. The molecule has 96 valence electrons. The molecule has 1 aromatic carbocycles. The fourth-order valence-corrected chi connectivity index (χ4v) is 2.41. The highest BCUT2D eigenvalue weighted by Crippen LogP contribution is 2.41. The van der Waals surface area contributed by atoms with Crippen LogP contribution in [-0.2, 0) is 15.0 Å². The zero-order valence-corrected chi connectivity index (χ0v) is 10.6. The summed E-state index contributed by atoms with van der Waals surface area (Å²) in [5.74, 6) is -0.775. The number of benzene rings is 1. The van der Waals surface area contributed by atoms with Crippen molar-refractivity contribution in [2.24, 2.45) is 0 Å². The summed E-state index contributed by atoms with van der Waals surface area (Å²) in [6.07, 6.45) is 0.567. The Balaban J connectivity index is 2.22. The summed E-state index contributed by atoms with van der Waals surface area (Å²) >= 11 is 0. The van der Waals surface area contributed by atoms with E-state index in [1.807, 2.05) is 38.1 Å². The topological polar surface area (TPSA) is 57.6 Å². The Morgan fingerprint density at radius 1 is 1.33 bits per heavy atom. The fraction of sp³-hybridized carbons (Fsp3) is 0.429. The van der Waals surface area contributed by atoms with Gasteiger partial charge in [-0.2, -0.15) is 0 Å². The highest BCUT2D eigenvalue weighted by Gasteiger charge is 2.43. The number of rotatable bonds is 4. The predicted molar refractivity (Wildman–Crippen MR) is 68.7 cm³/mol. The maximum Gasteiger partial charge on any atom is 0.303 e. The number of hydrogen-bond acceptors (Lipinski definition) is 2. The van der Waals surface area contributed by atoms with Crippen LogP contribution < -0.4 is 4.90 Å². The fourth-order valence-electron chi connectivity index (χ4n) is 2.41. The molecular weight excluding hydrogens is 230 g/mol. The van der Waals surface area contributed by atoms with Crippen molar-refractivity contribution in [2.45, 2.75) is 32.1 Å². The van der Waals surface area contributed by atoms with Crippen LogP contribution in [0.15, 0.2) is 24.3 Å². The maximum absolute atomic E-state index is 12.3. The molecule has 0 unspecified atom stereocenters. The van der Waals surface area contributed by atoms with E-state index in [1.165, 1.54) is 0 Å². The number of carboxylic acids is 1. The molecule has 1 heterocycles. The number of anilines is 1. The molecule has 18 heavy (non-hydrogen) atoms. The van der Waals surface area contributed by atoms with Gasteiger partial charge in [-0.25, -0.2) is 0 Å². The SMILES string of the molecule is CC1(C)C(=O)N(CCCC(=O)O)c2ccccc21. The Hall–Kier alpha value is -1.84. The molecule has 0 atom stereocenters. The lowest BCUT2D eigenvalue weighted by Crippen LogP contribution is -2.36. The van der Waals surface area contributed by atoms with Gasteiger partial charge in [0.15, 0.2) is 0 Å². The average molecular weight is 247 g/mol. The Morgan fingerprint density at radius 3 is 2.67 bits per heavy atom. The first-order valence-electron chi connectivity index (χ1n) is 6.08. The van der Waals surface area contributed by atoms with Crippen molar-refractivity contribution < 1.29 is 14.7 Å². The van der Waals surface area contributed by atoms with Crippen molar-refractivity contribution in [3.63, 3.8) is 0 Å². The molecule has 1 aliphatic rings. The van der Waals surface area contributed by atoms with Gasteiger partial charge in [-0.05, 0) is 31.9 Å². The Morgan fingerprint density at radius 2 is 2.00 bits per heavy atom. The number of hydrogen-bond donors (Lipinski definition) is 1. The van der Waals surface area contributed by atoms with Gasteiger partial charge in [-0.1, -0.05) is 18.2 Å². The van der Waals surface area contributed by atoms with Gasteiger partial charge in [0.2, 0.25) is 5.91 Å². The standard InChI is InChI=1S/C14H17NO3/c1-14(2)10-6-3-4-7-11(10)15(13(14)18)9-5-8-12(16)17/h3-4,6-7H,5,8-9H2,1-2H3,(H,16,17). The maximum atomic E-state index is 12.3. The molecule has 0 radical (unpaired) electrons. The molecule has 0 fully saturated rings. The number of aliphatic carboxylic acids is 1. The predicted octanol–water partition coefficient (Wildman–Crippen LogP) is 2.18. The summed E-state index contributed by atoms with van der Waals surface area (Å²) in [6.45, 7) is 4.28. The minimum Gasteiger partial charge on any atom is -0.481 e. The van der Waals surface area contributed by atoms with Gasteiger partial charge < -0.3 is 10.0 Å². The van der Waals surface area contributed by atoms with Crippen LogP contribution in [-0.4, -0.2) is 23.5 Å². The van der Waals surface area contributed by atoms with Crippen LogP contribution in [0.25, 0.3) is 0 Å². The number of carbonyl (C=O) groups is 2. The van der Waals surface area contributed by atoms with Gasteiger partial charge in [-0.3, -0.25) is 9.59 Å². The average Bonchev–Trinajstić information content (AvgIpc) is 2.51. The molecule has 0 bridgehead atoms. The first-order chi connectivity index (χ1) is 8.44. The van der Waals surface area contributed by atoms with E-state index in [1.54, 1.807) is 4.90 Å². The summed E-state index contributed by atoms with van der Waals surface area (Å²) in [7, 11) is 0. The molecule has 1 aromatic rings. The van der Waals surface area contributed by atoms with Crippen molar-refractivity contribution in [1.82, 2.24) is 0 Å². The van der Waals surface area contributed by atoms with Gasteiger partial charge in [-0.15, -0.1) is 0 Å². The number of para-hydroxylation sites is 1. The zero-order chi connectivity index (χ0) is 13.3. The summed E-state index contributed by atoms with van der Waals surface area (Å²) in [5.41, 5.74) is 1.42. The van der Waals surface area contributed by atoms with Crippen LogP contribution in [0.5, 0.6) is 0 Å². The van der Waals surface area contributed by atoms with E-state index in [4.69, 9.17) is 5.11 Å². The van der Waals surface area contributed by atoms with Crippen LogP contribution in [0.1, 0.15) is 32.3 Å². The molecule has 0 saturated carbocycles. The summed E-state index contributed by atoms with van der Waals surface area (Å²) in [4.78, 5) is 24.6. The van der Waals surface area contributed by atoms with E-state index in [2.05, 4.69) is 0 Å². The second-order valence-corrected chi connectivity index (χ2v) is 5.10. The van der Waals surface area contributed by atoms with Crippen LogP contribution in [0.2, 0.25) is 0 Å². The molecule has 1 amide bonds. The number of carboxylic acid groups (broad SMARTS) is 1. The van der Waals surface area contributed by atoms with Crippen molar-refractivity contribution in [1.29, 1.82) is 0 Å². The number of amides is 1. The molecule has 0 spiro atoms. The first-order valence-corrected chi connectivity index (χ1v) is 6.08. The second kappa shape index (κ2) is 4.44. The van der Waals surface area contributed by atoms with Crippen LogP contribution in [0.4, 0.5) is 5.69 Å². The molecule has 1 N–H and O–H groups in total. The minimum atomic E-state index is -0.825. The normalized spacial score (nSPS) is 16.8. The third-order valence-electron chi connectivity index (χ3n) is 3.42. The zero-order valence-electron chi connectivity index (χ0n) is 10.6. The van der Waals surface area contributed by atoms with E-state index in [0.29, 0.717) is 13.0 Å². The minimum absolute atomic E-state index is 0.0501. The van der Waals surface area contributed by atoms with Crippen molar-refractivity contribution in [3.8, 4) is 0 Å². The molecule has 0 saturated heterocycles. The number of fused-ring (bicyclic) bond motifs is 1. The third-order valence-corrected chi connectivity index (χ3v) is 3.42. The van der Waals surface area contributed by atoms with Gasteiger partial charge in [0.1, 0.15) is 0 Å². The molecule has 0 aromatic heterocycles. The number of nitrogens with zero attached hydrogens (tertiary/aromatic N) is 1. The van der Waals surface area contributed by atoms with Crippen LogP contribution in [0, 0.1) is 0 Å². The lowest BCUT2D eigenvalue weighted by Gasteiger charge is -2.20. The van der Waals surface area contributed by atoms with E-state index < -0.39 is 11.4 Å². The largest absolute Gasteiger partial charge is 0.481 e. The molecular formula is C14H17NO3. The monoisotopic (exact) mass is 247 g/mol. The van der Waals surface area contributed by atoms with Gasteiger partial charge >= 0.3 is 5.97 Å². The second-order valence-electron chi connectivity index (χ2n) is 5.10. The first kappa shape index (κ1) is 12.6. The highest BCUT2D eigenvalue weighted by molar-refractivity contribution is 6.07. The molecule has 4 heteroatoms. The van der Waals surface area contributed by atoms with Gasteiger partial charge in [0.25, 0.3) is 0 Å². The third kappa shape index (κ3) is 1.98. The van der Waals surface area contributed by atoms with Crippen molar-refractivity contribution in [3.05, 3.63) is 29.8 Å². The van der Waals surface area contributed by atoms with Crippen molar-refractivity contribution in [2.75, 3.05) is 11.4 Å². The van der Waals surface area contributed by atoms with Gasteiger partial charge in [0.05, 0.1) is 5.41 Å². The highest BCUT2D eigenvalue weighted by atomic mass is 16.4. The van der Waals surface area contributed by atoms with Gasteiger partial charge in [0, 0.05) is 18.7 Å². The molecule has 2 rings (SSSR count). The summed E-state index contributed by atoms with van der Waals surface area (Å²) in [5, 5.41) is 8.65. The Bertz CT molecular complexity index is 494. The lowest BCUT2D eigenvalue weighted by molar-refractivity contribution is -0.137. The van der Waals surface area contributed by atoms with E-state index in [-0.39, 0.29) is 12.3 Å². The lowest BCUT2D eigenvalue weighted by atomic mass is 9.86. The Labute approximate surface area is 106 Å². The Kier molecular flexibility index (Phi) is 3.11. The van der Waals surface area contributed by atoms with Crippen molar-refractivity contribution >= 4 is 17.6 Å². The van der Waals surface area contributed by atoms with E-state index in [9.17, 15) is 9.59 Å². The van der Waals surface area contributed by atoms with E-state index in [0.717, 1.165) is 11.3 Å². The molecule has 4 nitrogen and oxygen atoms in total. The van der Waals surface area contributed by atoms with E-state index >= 15 is 0 Å². The van der Waals surface area contributed by atoms with Crippen LogP contribution >= 0.6 is 0 Å². The summed E-state index contributed by atoms with van der Waals surface area (Å²) < 4.78 is 0.